The van der Waals surface area contributed by atoms with Crippen LogP contribution in [0.4, 0.5) is 15.8 Å². The lowest BCUT2D eigenvalue weighted by Crippen LogP contribution is -2.55. The number of ether oxygens (including phenoxy) is 1. The predicted octanol–water partition coefficient (Wildman–Crippen LogP) is 4.11. The van der Waals surface area contributed by atoms with E-state index < -0.39 is 29.1 Å². The van der Waals surface area contributed by atoms with Crippen LogP contribution in [0, 0.1) is 17.7 Å². The van der Waals surface area contributed by atoms with E-state index in [-0.39, 0.29) is 24.4 Å². The van der Waals surface area contributed by atoms with Crippen molar-refractivity contribution in [2.75, 3.05) is 28.9 Å². The highest BCUT2D eigenvalue weighted by molar-refractivity contribution is 7.98. The Balaban J connectivity index is 1.46. The molecule has 39 heavy (non-hydrogen) atoms. The molecular formula is C30H28FN3O4S. The van der Waals surface area contributed by atoms with E-state index in [1.165, 1.54) is 11.0 Å². The Morgan fingerprint density at radius 1 is 0.974 bits per heavy atom. The first-order valence-electron chi connectivity index (χ1n) is 12.9. The number of anilines is 2. The van der Waals surface area contributed by atoms with E-state index in [0.29, 0.717) is 34.7 Å². The van der Waals surface area contributed by atoms with Gasteiger partial charge in [0.25, 0.3) is 5.91 Å². The smallest absolute Gasteiger partial charge is 0.253 e. The quantitative estimate of drug-likeness (QED) is 0.451. The number of carbonyl (C=O) groups is 3. The Morgan fingerprint density at radius 3 is 2.41 bits per heavy atom. The lowest BCUT2D eigenvalue weighted by Gasteiger charge is -2.30. The largest absolute Gasteiger partial charge is 0.497 e. The van der Waals surface area contributed by atoms with Crippen molar-refractivity contribution < 1.29 is 23.5 Å². The third-order valence-electron chi connectivity index (χ3n) is 8.12. The third-order valence-corrected chi connectivity index (χ3v) is 8.76. The van der Waals surface area contributed by atoms with Crippen LogP contribution in [0.25, 0.3) is 0 Å². The Labute approximate surface area is 230 Å². The number of methoxy groups -OCH3 is 1. The summed E-state index contributed by atoms with van der Waals surface area (Å²) in [6, 6.07) is 20.0. The number of benzene rings is 3. The summed E-state index contributed by atoms with van der Waals surface area (Å²) in [7, 11) is 1.55. The molecule has 2 fully saturated rings. The molecule has 1 N–H and O–H groups in total. The van der Waals surface area contributed by atoms with E-state index in [9.17, 15) is 18.8 Å². The van der Waals surface area contributed by atoms with E-state index in [2.05, 4.69) is 5.32 Å². The second kappa shape index (κ2) is 9.81. The molecule has 2 saturated heterocycles. The van der Waals surface area contributed by atoms with Crippen molar-refractivity contribution in [2.24, 2.45) is 11.8 Å². The second-order valence-electron chi connectivity index (χ2n) is 10.1. The molecule has 3 aromatic rings. The number of imide groups is 1. The van der Waals surface area contributed by atoms with Crippen LogP contribution in [0.3, 0.4) is 0 Å². The molecular weight excluding hydrogens is 517 g/mol. The number of para-hydroxylation sites is 1. The van der Waals surface area contributed by atoms with Gasteiger partial charge >= 0.3 is 0 Å². The lowest BCUT2D eigenvalue weighted by atomic mass is 9.76. The van der Waals surface area contributed by atoms with Gasteiger partial charge in [-0.2, -0.15) is 11.8 Å². The maximum atomic E-state index is 14.7. The van der Waals surface area contributed by atoms with Crippen LogP contribution in [-0.2, 0) is 26.5 Å². The van der Waals surface area contributed by atoms with Crippen LogP contribution in [0.1, 0.15) is 17.5 Å². The Bertz CT molecular complexity index is 1460. The molecule has 1 spiro atoms. The molecule has 3 amide bonds. The number of rotatable bonds is 7. The fraction of sp³-hybridized carbons (Fsp3) is 0.300. The molecule has 0 aliphatic carbocycles. The van der Waals surface area contributed by atoms with Crippen LogP contribution in [0.15, 0.2) is 72.8 Å². The van der Waals surface area contributed by atoms with Crippen molar-refractivity contribution in [3.8, 4) is 5.75 Å². The zero-order valence-corrected chi connectivity index (χ0v) is 22.4. The molecule has 3 aliphatic rings. The minimum absolute atomic E-state index is 0.0170. The first kappa shape index (κ1) is 25.6. The van der Waals surface area contributed by atoms with Gasteiger partial charge in [-0.25, -0.2) is 9.29 Å². The average molecular weight is 546 g/mol. The lowest BCUT2D eigenvalue weighted by molar-refractivity contribution is -0.132. The summed E-state index contributed by atoms with van der Waals surface area (Å²) in [5.41, 5.74) is 0.654. The molecule has 3 aliphatic heterocycles. The van der Waals surface area contributed by atoms with Gasteiger partial charge in [0.15, 0.2) is 0 Å². The first-order valence-corrected chi connectivity index (χ1v) is 14.2. The van der Waals surface area contributed by atoms with Crippen LogP contribution in [0.2, 0.25) is 0 Å². The summed E-state index contributed by atoms with van der Waals surface area (Å²) in [5.74, 6) is -1.75. The molecule has 0 aromatic heterocycles. The van der Waals surface area contributed by atoms with Gasteiger partial charge < -0.3 is 9.64 Å². The SMILES string of the molecule is COc1ccc(N2C(=O)[C@H]3[C@H](CCSC)N[C@@]4(C(=O)N(Cc5ccccc5F)c5ccccc54)[C@H]3C2=O)cc1. The maximum Gasteiger partial charge on any atom is 0.253 e. The molecule has 0 radical (unpaired) electrons. The Morgan fingerprint density at radius 2 is 1.69 bits per heavy atom. The molecule has 0 saturated carbocycles. The maximum absolute atomic E-state index is 14.7. The monoisotopic (exact) mass is 545 g/mol. The van der Waals surface area contributed by atoms with Crippen molar-refractivity contribution in [1.29, 1.82) is 0 Å². The van der Waals surface area contributed by atoms with Gasteiger partial charge in [0.05, 0.1) is 31.2 Å². The summed E-state index contributed by atoms with van der Waals surface area (Å²) in [4.78, 5) is 45.4. The standard InChI is InChI=1S/C30H28FN3O4S/c1-38-20-13-11-19(12-14-20)34-27(35)25-23(15-16-39-2)32-30(26(25)28(34)36)21-8-4-6-10-24(21)33(29(30)37)17-18-7-3-5-9-22(18)31/h3-14,23,25-26,32H,15-17H2,1-2H3/t23-,25-,26+,30+/m0/s1. The molecule has 6 rings (SSSR count). The molecule has 9 heteroatoms. The number of thioether (sulfide) groups is 1. The van der Waals surface area contributed by atoms with Crippen molar-refractivity contribution in [1.82, 2.24) is 5.32 Å². The summed E-state index contributed by atoms with van der Waals surface area (Å²) in [5, 5.41) is 3.50. The number of carbonyl (C=O) groups excluding carboxylic acids is 3. The first-order chi connectivity index (χ1) is 18.9. The normalized spacial score (nSPS) is 25.5. The molecule has 0 bridgehead atoms. The second-order valence-corrected chi connectivity index (χ2v) is 11.0. The van der Waals surface area contributed by atoms with E-state index in [1.807, 2.05) is 30.5 Å². The number of nitrogens with zero attached hydrogens (tertiary/aromatic N) is 2. The van der Waals surface area contributed by atoms with Gasteiger partial charge in [-0.1, -0.05) is 36.4 Å². The molecule has 7 nitrogen and oxygen atoms in total. The van der Waals surface area contributed by atoms with Crippen LogP contribution >= 0.6 is 11.8 Å². The molecule has 0 unspecified atom stereocenters. The highest BCUT2D eigenvalue weighted by atomic mass is 32.2. The summed E-state index contributed by atoms with van der Waals surface area (Å²) < 4.78 is 19.9. The minimum atomic E-state index is -1.43. The van der Waals surface area contributed by atoms with Crippen molar-refractivity contribution in [3.63, 3.8) is 0 Å². The number of hydrogen-bond donors (Lipinski definition) is 1. The third kappa shape index (κ3) is 3.78. The zero-order chi connectivity index (χ0) is 27.3. The van der Waals surface area contributed by atoms with E-state index in [0.717, 1.165) is 5.75 Å². The number of halogens is 1. The fourth-order valence-electron chi connectivity index (χ4n) is 6.38. The van der Waals surface area contributed by atoms with Crippen molar-refractivity contribution >= 4 is 40.9 Å². The van der Waals surface area contributed by atoms with Gasteiger partial charge in [0.2, 0.25) is 11.8 Å². The topological polar surface area (TPSA) is 79.0 Å². The van der Waals surface area contributed by atoms with Crippen LogP contribution in [0.5, 0.6) is 5.75 Å². The van der Waals surface area contributed by atoms with E-state index >= 15 is 0 Å². The Kier molecular flexibility index (Phi) is 6.43. The van der Waals surface area contributed by atoms with Gasteiger partial charge in [-0.3, -0.25) is 19.7 Å². The van der Waals surface area contributed by atoms with E-state index in [1.54, 1.807) is 66.2 Å². The summed E-state index contributed by atoms with van der Waals surface area (Å²) >= 11 is 1.65. The average Bonchev–Trinajstić information content (AvgIpc) is 3.52. The molecule has 3 aromatic carbocycles. The highest BCUT2D eigenvalue weighted by Gasteiger charge is 2.71. The highest BCUT2D eigenvalue weighted by Crippen LogP contribution is 2.55. The fourth-order valence-corrected chi connectivity index (χ4v) is 6.87. The predicted molar refractivity (Wildman–Crippen MR) is 148 cm³/mol. The van der Waals surface area contributed by atoms with Crippen molar-refractivity contribution in [3.05, 3.63) is 89.7 Å². The van der Waals surface area contributed by atoms with Gasteiger partial charge in [0.1, 0.15) is 17.1 Å². The molecule has 3 heterocycles. The van der Waals surface area contributed by atoms with Gasteiger partial charge in [-0.05, 0) is 54.8 Å². The number of fused-ring (bicyclic) bond motifs is 4. The number of nitrogens with one attached hydrogen (secondary N) is 1. The van der Waals surface area contributed by atoms with Crippen LogP contribution in [-0.4, -0.2) is 42.9 Å². The zero-order valence-electron chi connectivity index (χ0n) is 21.6. The van der Waals surface area contributed by atoms with Crippen molar-refractivity contribution in [2.45, 2.75) is 24.5 Å². The summed E-state index contributed by atoms with van der Waals surface area (Å²) in [6.07, 6.45) is 2.60. The van der Waals surface area contributed by atoms with Gasteiger partial charge in [-0.15, -0.1) is 0 Å². The van der Waals surface area contributed by atoms with Crippen LogP contribution < -0.4 is 19.9 Å². The number of amides is 3. The summed E-state index contributed by atoms with van der Waals surface area (Å²) in [6.45, 7) is 0.0170. The van der Waals surface area contributed by atoms with E-state index in [4.69, 9.17) is 4.74 Å². The molecule has 200 valence electrons. The van der Waals surface area contributed by atoms with Gasteiger partial charge in [0, 0.05) is 22.9 Å². The number of hydrogen-bond acceptors (Lipinski definition) is 6. The Hall–Kier alpha value is -3.69. The molecule has 4 atom stereocenters. The minimum Gasteiger partial charge on any atom is -0.497 e.